The van der Waals surface area contributed by atoms with Gasteiger partial charge in [-0.15, -0.1) is 0 Å². The highest BCUT2D eigenvalue weighted by Crippen LogP contribution is 1.94. The van der Waals surface area contributed by atoms with E-state index in [1.165, 1.54) is 12.3 Å². The number of aryl methyl sites for hydroxylation is 1. The Kier molecular flexibility index (Phi) is 4.90. The summed E-state index contributed by atoms with van der Waals surface area (Å²) in [5.41, 5.74) is 0.579. The molecule has 17 heavy (non-hydrogen) atoms. The van der Waals surface area contributed by atoms with E-state index >= 15 is 0 Å². The minimum Gasteiger partial charge on any atom is -0.380 e. The molecule has 0 aliphatic heterocycles. The molecule has 94 valence electrons. The molecule has 1 aromatic heterocycles. The number of aromatic nitrogens is 1. The molecule has 0 saturated heterocycles. The fraction of sp³-hybridized carbons (Fsp3) is 0.500. The first-order chi connectivity index (χ1) is 8.04. The van der Waals surface area contributed by atoms with E-state index in [2.05, 4.69) is 10.3 Å². The predicted octanol–water partition coefficient (Wildman–Crippen LogP) is 0.838. The zero-order chi connectivity index (χ0) is 12.8. The van der Waals surface area contributed by atoms with Crippen LogP contribution < -0.4 is 10.7 Å². The van der Waals surface area contributed by atoms with Gasteiger partial charge >= 0.3 is 0 Å². The van der Waals surface area contributed by atoms with Gasteiger partial charge in [-0.05, 0) is 20.8 Å². The molecule has 0 bridgehead atoms. The summed E-state index contributed by atoms with van der Waals surface area (Å²) in [6.07, 6.45) is 1.43. The second-order valence-electron chi connectivity index (χ2n) is 3.93. The van der Waals surface area contributed by atoms with Crippen molar-refractivity contribution < 1.29 is 9.53 Å². The zero-order valence-electron chi connectivity index (χ0n) is 10.4. The lowest BCUT2D eigenvalue weighted by Crippen LogP contribution is -2.38. The Bertz CT molecular complexity index is 440. The lowest BCUT2D eigenvalue weighted by atomic mass is 10.2. The first-order valence-corrected chi connectivity index (χ1v) is 5.62. The molecule has 0 aliphatic rings. The molecule has 1 rings (SSSR count). The minimum atomic E-state index is -0.376. The van der Waals surface area contributed by atoms with Crippen molar-refractivity contribution in [3.05, 3.63) is 33.7 Å². The summed E-state index contributed by atoms with van der Waals surface area (Å²) in [7, 11) is 0. The normalized spacial score (nSPS) is 12.2. The molecule has 5 heteroatoms. The zero-order valence-corrected chi connectivity index (χ0v) is 10.4. The van der Waals surface area contributed by atoms with E-state index < -0.39 is 0 Å². The van der Waals surface area contributed by atoms with Gasteiger partial charge in [0.1, 0.15) is 5.56 Å². The summed E-state index contributed by atoms with van der Waals surface area (Å²) in [6.45, 7) is 6.52. The van der Waals surface area contributed by atoms with Gasteiger partial charge in [0.25, 0.3) is 5.91 Å². The summed E-state index contributed by atoms with van der Waals surface area (Å²) < 4.78 is 5.18. The molecule has 1 atom stereocenters. The quantitative estimate of drug-likeness (QED) is 0.798. The third kappa shape index (κ3) is 4.03. The van der Waals surface area contributed by atoms with E-state index in [-0.39, 0.29) is 22.9 Å². The molecule has 0 spiro atoms. The van der Waals surface area contributed by atoms with Crippen molar-refractivity contribution >= 4 is 5.91 Å². The number of rotatable bonds is 5. The van der Waals surface area contributed by atoms with Gasteiger partial charge in [-0.2, -0.15) is 0 Å². The van der Waals surface area contributed by atoms with Crippen LogP contribution in [0.25, 0.3) is 0 Å². The summed E-state index contributed by atoms with van der Waals surface area (Å²) in [4.78, 5) is 26.2. The van der Waals surface area contributed by atoms with E-state index in [4.69, 9.17) is 4.74 Å². The topological polar surface area (TPSA) is 71.2 Å². The molecular formula is C12H18N2O3. The fourth-order valence-corrected chi connectivity index (χ4v) is 1.39. The standard InChI is InChI=1S/C12H18N2O3/c1-4-17-7-9(3)14-12(16)10-6-13-8(2)5-11(10)15/h5-6,9H,4,7H2,1-3H3,(H,13,15)(H,14,16). The van der Waals surface area contributed by atoms with Gasteiger partial charge in [0.15, 0.2) is 5.43 Å². The lowest BCUT2D eigenvalue weighted by Gasteiger charge is -2.13. The van der Waals surface area contributed by atoms with Gasteiger partial charge in [-0.3, -0.25) is 9.59 Å². The van der Waals surface area contributed by atoms with Crippen molar-refractivity contribution in [1.82, 2.24) is 10.3 Å². The molecule has 1 heterocycles. The molecule has 1 aromatic rings. The Hall–Kier alpha value is -1.62. The first kappa shape index (κ1) is 13.4. The third-order valence-electron chi connectivity index (χ3n) is 2.25. The summed E-state index contributed by atoms with van der Waals surface area (Å²) in [6, 6.07) is 1.28. The molecule has 0 fully saturated rings. The molecule has 0 radical (unpaired) electrons. The second-order valence-corrected chi connectivity index (χ2v) is 3.93. The average molecular weight is 238 g/mol. The molecule has 2 N–H and O–H groups in total. The maximum absolute atomic E-state index is 11.8. The van der Waals surface area contributed by atoms with Crippen LogP contribution in [0.1, 0.15) is 29.9 Å². The number of carbonyl (C=O) groups excluding carboxylic acids is 1. The highest BCUT2D eigenvalue weighted by Gasteiger charge is 2.12. The molecule has 0 aromatic carbocycles. The maximum Gasteiger partial charge on any atom is 0.257 e. The molecule has 0 aliphatic carbocycles. The van der Waals surface area contributed by atoms with Gasteiger partial charge < -0.3 is 15.0 Å². The highest BCUT2D eigenvalue weighted by molar-refractivity contribution is 5.93. The Morgan fingerprint density at radius 3 is 2.88 bits per heavy atom. The van der Waals surface area contributed by atoms with E-state index in [1.54, 1.807) is 6.92 Å². The SMILES string of the molecule is CCOCC(C)NC(=O)c1c[nH]c(C)cc1=O. The smallest absolute Gasteiger partial charge is 0.257 e. The highest BCUT2D eigenvalue weighted by atomic mass is 16.5. The second kappa shape index (κ2) is 6.20. The monoisotopic (exact) mass is 238 g/mol. The van der Waals surface area contributed by atoms with E-state index in [0.717, 1.165) is 5.69 Å². The number of H-pyrrole nitrogens is 1. The molecule has 5 nitrogen and oxygen atoms in total. The minimum absolute atomic E-state index is 0.122. The Balaban J connectivity index is 2.67. The molecule has 1 unspecified atom stereocenters. The largest absolute Gasteiger partial charge is 0.380 e. The fourth-order valence-electron chi connectivity index (χ4n) is 1.39. The van der Waals surface area contributed by atoms with Crippen LogP contribution in [-0.2, 0) is 4.74 Å². The molecule has 1 amide bonds. The molecule has 0 saturated carbocycles. The lowest BCUT2D eigenvalue weighted by molar-refractivity contribution is 0.0870. The van der Waals surface area contributed by atoms with Gasteiger partial charge in [0, 0.05) is 30.6 Å². The predicted molar refractivity (Wildman–Crippen MR) is 65.2 cm³/mol. The number of carbonyl (C=O) groups is 1. The Labute approximate surface area is 100 Å². The van der Waals surface area contributed by atoms with Crippen molar-refractivity contribution in [2.75, 3.05) is 13.2 Å². The van der Waals surface area contributed by atoms with E-state index in [0.29, 0.717) is 13.2 Å². The molecular weight excluding hydrogens is 220 g/mol. The Morgan fingerprint density at radius 1 is 1.59 bits per heavy atom. The maximum atomic E-state index is 11.8. The number of nitrogens with one attached hydrogen (secondary N) is 2. The van der Waals surface area contributed by atoms with Crippen LogP contribution in [0, 0.1) is 6.92 Å². The summed E-state index contributed by atoms with van der Waals surface area (Å²) in [5, 5.41) is 2.71. The van der Waals surface area contributed by atoms with Crippen molar-refractivity contribution in [2.24, 2.45) is 0 Å². The van der Waals surface area contributed by atoms with Crippen molar-refractivity contribution in [3.8, 4) is 0 Å². The van der Waals surface area contributed by atoms with Crippen molar-refractivity contribution in [2.45, 2.75) is 26.8 Å². The van der Waals surface area contributed by atoms with Crippen LogP contribution in [0.4, 0.5) is 0 Å². The van der Waals surface area contributed by atoms with Crippen molar-refractivity contribution in [1.29, 1.82) is 0 Å². The average Bonchev–Trinajstić information content (AvgIpc) is 2.26. The third-order valence-corrected chi connectivity index (χ3v) is 2.25. The van der Waals surface area contributed by atoms with Crippen LogP contribution in [-0.4, -0.2) is 30.1 Å². The van der Waals surface area contributed by atoms with Gasteiger partial charge in [0.05, 0.1) is 6.61 Å². The van der Waals surface area contributed by atoms with Gasteiger partial charge in [-0.25, -0.2) is 0 Å². The van der Waals surface area contributed by atoms with Gasteiger partial charge in [0.2, 0.25) is 0 Å². The summed E-state index contributed by atoms with van der Waals surface area (Å²) in [5.74, 6) is -0.376. The number of hydrogen-bond donors (Lipinski definition) is 2. The van der Waals surface area contributed by atoms with Crippen LogP contribution >= 0.6 is 0 Å². The van der Waals surface area contributed by atoms with E-state index in [1.807, 2.05) is 13.8 Å². The number of ether oxygens (including phenoxy) is 1. The van der Waals surface area contributed by atoms with Crippen LogP contribution in [0.15, 0.2) is 17.1 Å². The van der Waals surface area contributed by atoms with Crippen LogP contribution in [0.2, 0.25) is 0 Å². The number of hydrogen-bond acceptors (Lipinski definition) is 3. The summed E-state index contributed by atoms with van der Waals surface area (Å²) >= 11 is 0. The number of amides is 1. The van der Waals surface area contributed by atoms with Crippen LogP contribution in [0.3, 0.4) is 0 Å². The Morgan fingerprint density at radius 2 is 2.29 bits per heavy atom. The number of aromatic amines is 1. The van der Waals surface area contributed by atoms with Gasteiger partial charge in [-0.1, -0.05) is 0 Å². The van der Waals surface area contributed by atoms with E-state index in [9.17, 15) is 9.59 Å². The number of pyridine rings is 1. The van der Waals surface area contributed by atoms with Crippen molar-refractivity contribution in [3.63, 3.8) is 0 Å². The van der Waals surface area contributed by atoms with Crippen LogP contribution in [0.5, 0.6) is 0 Å². The first-order valence-electron chi connectivity index (χ1n) is 5.62.